The number of H-pyrrole nitrogens is 1. The highest BCUT2D eigenvalue weighted by Gasteiger charge is 2.25. The van der Waals surface area contributed by atoms with Gasteiger partial charge in [0, 0.05) is 35.2 Å². The Hall–Kier alpha value is -1.81. The van der Waals surface area contributed by atoms with Crippen LogP contribution in [0.25, 0.3) is 10.9 Å². The molecule has 0 saturated heterocycles. The molecule has 1 heterocycles. The maximum atomic E-state index is 12.5. The van der Waals surface area contributed by atoms with Crippen molar-refractivity contribution in [2.45, 2.75) is 31.7 Å². The van der Waals surface area contributed by atoms with Crippen LogP contribution in [0.15, 0.2) is 30.5 Å². The van der Waals surface area contributed by atoms with Crippen molar-refractivity contribution in [3.8, 4) is 0 Å². The smallest absolute Gasteiger partial charge is 0.252 e. The quantitative estimate of drug-likeness (QED) is 0.799. The van der Waals surface area contributed by atoms with Crippen LogP contribution < -0.4 is 11.1 Å². The van der Waals surface area contributed by atoms with Crippen LogP contribution in [0.2, 0.25) is 0 Å². The zero-order valence-corrected chi connectivity index (χ0v) is 11.6. The molecule has 1 aliphatic rings. The topological polar surface area (TPSA) is 70.9 Å². The molecule has 3 rings (SSSR count). The van der Waals surface area contributed by atoms with Gasteiger partial charge in [-0.3, -0.25) is 4.79 Å². The van der Waals surface area contributed by atoms with E-state index < -0.39 is 0 Å². The molecule has 1 aromatic heterocycles. The van der Waals surface area contributed by atoms with Crippen molar-refractivity contribution in [1.82, 2.24) is 10.3 Å². The van der Waals surface area contributed by atoms with Crippen LogP contribution in [0.3, 0.4) is 0 Å². The molecular weight excluding hydrogens is 250 g/mol. The van der Waals surface area contributed by atoms with E-state index >= 15 is 0 Å². The predicted octanol–water partition coefficient (Wildman–Crippen LogP) is 2.42. The zero-order valence-electron chi connectivity index (χ0n) is 11.6. The lowest BCUT2D eigenvalue weighted by Crippen LogP contribution is -2.44. The molecule has 1 saturated carbocycles. The third-order valence-corrected chi connectivity index (χ3v) is 4.38. The Kier molecular flexibility index (Phi) is 3.74. The highest BCUT2D eigenvalue weighted by atomic mass is 16.1. The molecule has 1 unspecified atom stereocenters. The zero-order chi connectivity index (χ0) is 13.9. The Labute approximate surface area is 118 Å². The van der Waals surface area contributed by atoms with Crippen LogP contribution in [-0.4, -0.2) is 23.5 Å². The van der Waals surface area contributed by atoms with Gasteiger partial charge < -0.3 is 16.0 Å². The molecule has 1 aliphatic carbocycles. The van der Waals surface area contributed by atoms with Crippen LogP contribution in [0, 0.1) is 5.92 Å². The van der Waals surface area contributed by atoms with Crippen molar-refractivity contribution in [2.24, 2.45) is 11.7 Å². The summed E-state index contributed by atoms with van der Waals surface area (Å²) in [6.45, 7) is 0.513. The van der Waals surface area contributed by atoms with E-state index in [1.165, 1.54) is 25.7 Å². The standard InChI is InChI=1S/C16H21N3O/c17-10-15(11-4-1-2-5-11)19-16(20)13-6-3-7-14-12(13)8-9-18-14/h3,6-9,11,15,18H,1-2,4-5,10,17H2,(H,19,20). The molecule has 1 atom stereocenters. The molecule has 0 bridgehead atoms. The van der Waals surface area contributed by atoms with Crippen molar-refractivity contribution < 1.29 is 4.79 Å². The second-order valence-electron chi connectivity index (χ2n) is 5.60. The molecule has 0 radical (unpaired) electrons. The number of carbonyl (C=O) groups is 1. The minimum absolute atomic E-state index is 0.0162. The number of carbonyl (C=O) groups excluding carboxylic acids is 1. The number of aromatic nitrogens is 1. The number of nitrogens with one attached hydrogen (secondary N) is 2. The van der Waals surface area contributed by atoms with E-state index in [9.17, 15) is 4.79 Å². The van der Waals surface area contributed by atoms with Gasteiger partial charge in [0.25, 0.3) is 5.91 Å². The van der Waals surface area contributed by atoms with Gasteiger partial charge in [0.15, 0.2) is 0 Å². The Morgan fingerprint density at radius 2 is 2.15 bits per heavy atom. The molecule has 4 N–H and O–H groups in total. The van der Waals surface area contributed by atoms with Crippen LogP contribution in [0.5, 0.6) is 0 Å². The van der Waals surface area contributed by atoms with E-state index in [4.69, 9.17) is 5.73 Å². The number of hydrogen-bond donors (Lipinski definition) is 3. The van der Waals surface area contributed by atoms with Crippen LogP contribution >= 0.6 is 0 Å². The summed E-state index contributed by atoms with van der Waals surface area (Å²) >= 11 is 0. The summed E-state index contributed by atoms with van der Waals surface area (Å²) in [7, 11) is 0. The van der Waals surface area contributed by atoms with Gasteiger partial charge in [0.1, 0.15) is 0 Å². The van der Waals surface area contributed by atoms with E-state index in [-0.39, 0.29) is 11.9 Å². The van der Waals surface area contributed by atoms with Crippen LogP contribution in [-0.2, 0) is 0 Å². The minimum Gasteiger partial charge on any atom is -0.361 e. The summed E-state index contributed by atoms with van der Waals surface area (Å²) < 4.78 is 0. The number of hydrogen-bond acceptors (Lipinski definition) is 2. The van der Waals surface area contributed by atoms with Crippen molar-refractivity contribution in [1.29, 1.82) is 0 Å². The number of rotatable bonds is 4. The number of amides is 1. The maximum absolute atomic E-state index is 12.5. The molecule has 106 valence electrons. The number of nitrogens with two attached hydrogens (primary N) is 1. The largest absolute Gasteiger partial charge is 0.361 e. The SMILES string of the molecule is NCC(NC(=O)c1cccc2[nH]ccc12)C1CCCC1. The van der Waals surface area contributed by atoms with Crippen molar-refractivity contribution in [2.75, 3.05) is 6.54 Å². The normalized spacial score (nSPS) is 17.4. The molecule has 0 spiro atoms. The summed E-state index contributed by atoms with van der Waals surface area (Å²) in [5, 5.41) is 4.09. The van der Waals surface area contributed by atoms with Gasteiger partial charge >= 0.3 is 0 Å². The van der Waals surface area contributed by atoms with Crippen LogP contribution in [0.4, 0.5) is 0 Å². The van der Waals surface area contributed by atoms with E-state index in [2.05, 4.69) is 10.3 Å². The average Bonchev–Trinajstić information content (AvgIpc) is 3.14. The minimum atomic E-state index is -0.0162. The van der Waals surface area contributed by atoms with Gasteiger partial charge in [0.2, 0.25) is 0 Å². The highest BCUT2D eigenvalue weighted by molar-refractivity contribution is 6.06. The molecule has 1 amide bonds. The van der Waals surface area contributed by atoms with Crippen molar-refractivity contribution >= 4 is 16.8 Å². The summed E-state index contributed by atoms with van der Waals surface area (Å²) in [6, 6.07) is 7.79. The molecule has 1 aromatic carbocycles. The van der Waals surface area contributed by atoms with Crippen molar-refractivity contribution in [3.05, 3.63) is 36.0 Å². The predicted molar refractivity (Wildman–Crippen MR) is 80.6 cm³/mol. The van der Waals surface area contributed by atoms with Gasteiger partial charge in [-0.15, -0.1) is 0 Å². The Balaban J connectivity index is 1.79. The van der Waals surface area contributed by atoms with E-state index in [1.807, 2.05) is 30.5 Å². The molecule has 1 fully saturated rings. The summed E-state index contributed by atoms with van der Waals surface area (Å²) in [6.07, 6.45) is 6.72. The van der Waals surface area contributed by atoms with Gasteiger partial charge in [-0.1, -0.05) is 18.9 Å². The van der Waals surface area contributed by atoms with Gasteiger partial charge in [-0.25, -0.2) is 0 Å². The third kappa shape index (κ3) is 2.43. The summed E-state index contributed by atoms with van der Waals surface area (Å²) in [5.74, 6) is 0.520. The molecule has 20 heavy (non-hydrogen) atoms. The lowest BCUT2D eigenvalue weighted by molar-refractivity contribution is 0.0926. The van der Waals surface area contributed by atoms with Crippen LogP contribution in [0.1, 0.15) is 36.0 Å². The third-order valence-electron chi connectivity index (χ3n) is 4.38. The van der Waals surface area contributed by atoms with Crippen molar-refractivity contribution in [3.63, 3.8) is 0 Å². The second kappa shape index (κ2) is 5.67. The number of aromatic amines is 1. The Morgan fingerprint density at radius 3 is 2.90 bits per heavy atom. The first-order valence-corrected chi connectivity index (χ1v) is 7.36. The van der Waals surface area contributed by atoms with E-state index in [0.717, 1.165) is 16.5 Å². The molecule has 4 nitrogen and oxygen atoms in total. The summed E-state index contributed by atoms with van der Waals surface area (Å²) in [5.41, 5.74) is 7.56. The first kappa shape index (κ1) is 13.2. The number of fused-ring (bicyclic) bond motifs is 1. The first-order chi connectivity index (χ1) is 9.79. The monoisotopic (exact) mass is 271 g/mol. The lowest BCUT2D eigenvalue weighted by Gasteiger charge is -2.23. The fourth-order valence-corrected chi connectivity index (χ4v) is 3.26. The summed E-state index contributed by atoms with van der Waals surface area (Å²) in [4.78, 5) is 15.6. The molecule has 0 aliphatic heterocycles. The fraction of sp³-hybridized carbons (Fsp3) is 0.438. The highest BCUT2D eigenvalue weighted by Crippen LogP contribution is 2.27. The first-order valence-electron chi connectivity index (χ1n) is 7.36. The van der Waals surface area contributed by atoms with E-state index in [1.54, 1.807) is 0 Å². The molecular formula is C16H21N3O. The van der Waals surface area contributed by atoms with Gasteiger partial charge in [0.05, 0.1) is 0 Å². The Bertz CT molecular complexity index is 599. The molecule has 4 heteroatoms. The second-order valence-corrected chi connectivity index (χ2v) is 5.60. The van der Waals surface area contributed by atoms with E-state index in [0.29, 0.717) is 12.5 Å². The Morgan fingerprint density at radius 1 is 1.35 bits per heavy atom. The lowest BCUT2D eigenvalue weighted by atomic mass is 9.97. The van der Waals surface area contributed by atoms with Gasteiger partial charge in [-0.2, -0.15) is 0 Å². The number of benzene rings is 1. The fourth-order valence-electron chi connectivity index (χ4n) is 3.26. The molecule has 2 aromatic rings. The average molecular weight is 271 g/mol. The maximum Gasteiger partial charge on any atom is 0.252 e. The van der Waals surface area contributed by atoms with Gasteiger partial charge in [-0.05, 0) is 37.0 Å².